The highest BCUT2D eigenvalue weighted by Crippen LogP contribution is 2.48. The molecular weight excluding hydrogens is 492 g/mol. The minimum atomic E-state index is -0.209. The summed E-state index contributed by atoms with van der Waals surface area (Å²) in [5, 5.41) is 14.1. The van der Waals surface area contributed by atoms with Crippen LogP contribution in [0.5, 0.6) is 11.5 Å². The number of nitrogens with one attached hydrogen (secondary N) is 1. The summed E-state index contributed by atoms with van der Waals surface area (Å²) in [4.78, 5) is 17.3. The average Bonchev–Trinajstić information content (AvgIpc) is 3.21. The molecule has 1 aliphatic rings. The second kappa shape index (κ2) is 9.17. The van der Waals surface area contributed by atoms with Gasteiger partial charge < -0.3 is 9.47 Å². The molecule has 0 saturated heterocycles. The number of rotatable bonds is 5. The highest BCUT2D eigenvalue weighted by molar-refractivity contribution is 7.99. The van der Waals surface area contributed by atoms with Crippen molar-refractivity contribution in [2.75, 3.05) is 19.1 Å². The van der Waals surface area contributed by atoms with Gasteiger partial charge in [0, 0.05) is 20.4 Å². The number of hydrogen-bond donors (Lipinski definition) is 1. The first-order valence-electron chi connectivity index (χ1n) is 10.2. The minimum Gasteiger partial charge on any atom is -0.493 e. The van der Waals surface area contributed by atoms with E-state index >= 15 is 0 Å². The lowest BCUT2D eigenvalue weighted by Crippen LogP contribution is -2.34. The van der Waals surface area contributed by atoms with Gasteiger partial charge in [0.1, 0.15) is 11.6 Å². The van der Waals surface area contributed by atoms with Crippen molar-refractivity contribution in [1.29, 1.82) is 5.41 Å². The van der Waals surface area contributed by atoms with Crippen LogP contribution in [0, 0.1) is 5.41 Å². The van der Waals surface area contributed by atoms with E-state index in [1.54, 1.807) is 49.1 Å². The van der Waals surface area contributed by atoms with Gasteiger partial charge in [0.25, 0.3) is 5.91 Å². The molecular formula is C24H19ClN4O3S2. The summed E-state index contributed by atoms with van der Waals surface area (Å²) in [6.07, 6.45) is 0. The maximum atomic E-state index is 13.6. The lowest BCUT2D eigenvalue weighted by atomic mass is 10.2. The predicted octanol–water partition coefficient (Wildman–Crippen LogP) is 5.59. The second-order valence-electron chi connectivity index (χ2n) is 7.35. The monoisotopic (exact) mass is 510 g/mol. The van der Waals surface area contributed by atoms with E-state index < -0.39 is 0 Å². The van der Waals surface area contributed by atoms with Gasteiger partial charge in [0.15, 0.2) is 11.5 Å². The number of halogens is 1. The van der Waals surface area contributed by atoms with E-state index in [4.69, 9.17) is 26.5 Å². The Morgan fingerprint density at radius 2 is 1.76 bits per heavy atom. The summed E-state index contributed by atoms with van der Waals surface area (Å²) >= 11 is 9.05. The van der Waals surface area contributed by atoms with E-state index in [1.165, 1.54) is 16.0 Å². The SMILES string of the molecule is COc1ccc(-c2nn(CC(=O)N3c4ccccc4Sc4ccc(Cl)cc43)c(=N)s2)cc1OC. The molecule has 2 heterocycles. The molecule has 0 spiro atoms. The molecule has 4 aromatic rings. The maximum Gasteiger partial charge on any atom is 0.253 e. The number of nitrogens with zero attached hydrogens (tertiary/aromatic N) is 3. The summed E-state index contributed by atoms with van der Waals surface area (Å²) in [5.74, 6) is 0.968. The number of para-hydroxylation sites is 1. The lowest BCUT2D eigenvalue weighted by molar-refractivity contribution is -0.118. The fraction of sp³-hybridized carbons (Fsp3) is 0.125. The molecule has 7 nitrogen and oxygen atoms in total. The van der Waals surface area contributed by atoms with Crippen molar-refractivity contribution in [3.63, 3.8) is 0 Å². The van der Waals surface area contributed by atoms with Crippen molar-refractivity contribution in [2.45, 2.75) is 16.3 Å². The van der Waals surface area contributed by atoms with Crippen LogP contribution in [0.25, 0.3) is 10.6 Å². The van der Waals surface area contributed by atoms with Gasteiger partial charge in [-0.3, -0.25) is 15.1 Å². The Balaban J connectivity index is 1.49. The Morgan fingerprint density at radius 3 is 2.56 bits per heavy atom. The molecule has 0 fully saturated rings. The molecule has 1 aliphatic heterocycles. The Hall–Kier alpha value is -3.27. The minimum absolute atomic E-state index is 0.0897. The standard InChI is InChI=1S/C24H19ClN4O3S2/c1-31-18-9-7-14(11-19(18)32-2)23-27-28(24(26)34-23)13-22(30)29-16-5-3-4-6-20(16)33-21-10-8-15(25)12-17(21)29/h3-12,26H,13H2,1-2H3. The van der Waals surface area contributed by atoms with Crippen LogP contribution >= 0.6 is 34.7 Å². The number of aromatic nitrogens is 2. The first kappa shape index (κ1) is 22.5. The first-order chi connectivity index (χ1) is 16.5. The molecule has 34 heavy (non-hydrogen) atoms. The molecule has 0 saturated carbocycles. The van der Waals surface area contributed by atoms with Crippen LogP contribution < -0.4 is 19.2 Å². The van der Waals surface area contributed by atoms with Crippen LogP contribution in [0.3, 0.4) is 0 Å². The van der Waals surface area contributed by atoms with Gasteiger partial charge >= 0.3 is 0 Å². The van der Waals surface area contributed by atoms with Crippen LogP contribution in [-0.2, 0) is 11.3 Å². The quantitative estimate of drug-likeness (QED) is 0.378. The number of carbonyl (C=O) groups excluding carboxylic acids is 1. The van der Waals surface area contributed by atoms with Crippen LogP contribution in [0.4, 0.5) is 11.4 Å². The topological polar surface area (TPSA) is 80.4 Å². The van der Waals surface area contributed by atoms with Gasteiger partial charge in [-0.1, -0.05) is 46.8 Å². The summed E-state index contributed by atoms with van der Waals surface area (Å²) in [6.45, 7) is -0.0897. The fourth-order valence-electron chi connectivity index (χ4n) is 3.71. The van der Waals surface area contributed by atoms with Gasteiger partial charge in [-0.15, -0.1) is 0 Å². The highest BCUT2D eigenvalue weighted by Gasteiger charge is 2.29. The number of hydrogen-bond acceptors (Lipinski definition) is 7. The smallest absolute Gasteiger partial charge is 0.253 e. The zero-order chi connectivity index (χ0) is 23.8. The molecule has 1 aromatic heterocycles. The van der Waals surface area contributed by atoms with Crippen LogP contribution in [-0.4, -0.2) is 29.9 Å². The lowest BCUT2D eigenvalue weighted by Gasteiger charge is -2.31. The molecule has 0 unspecified atom stereocenters. The Bertz CT molecular complexity index is 1470. The second-order valence-corrected chi connectivity index (χ2v) is 9.85. The Kier molecular flexibility index (Phi) is 6.07. The molecule has 10 heteroatoms. The molecule has 0 aliphatic carbocycles. The number of benzene rings is 3. The van der Waals surface area contributed by atoms with Crippen LogP contribution in [0.15, 0.2) is 70.5 Å². The van der Waals surface area contributed by atoms with Crippen molar-refractivity contribution < 1.29 is 14.3 Å². The van der Waals surface area contributed by atoms with Gasteiger partial charge in [0.05, 0.1) is 25.6 Å². The molecule has 0 bridgehead atoms. The third kappa shape index (κ3) is 4.06. The number of fused-ring (bicyclic) bond motifs is 2. The fourth-order valence-corrected chi connectivity index (χ4v) is 5.69. The molecule has 0 radical (unpaired) electrons. The van der Waals surface area contributed by atoms with Gasteiger partial charge in [0.2, 0.25) is 4.80 Å². The molecule has 1 N–H and O–H groups in total. The van der Waals surface area contributed by atoms with E-state index in [9.17, 15) is 4.79 Å². The predicted molar refractivity (Wildman–Crippen MR) is 134 cm³/mol. The van der Waals surface area contributed by atoms with Gasteiger partial charge in [-0.2, -0.15) is 5.10 Å². The van der Waals surface area contributed by atoms with Crippen LogP contribution in [0.1, 0.15) is 0 Å². The third-order valence-electron chi connectivity index (χ3n) is 5.29. The van der Waals surface area contributed by atoms with E-state index in [-0.39, 0.29) is 17.3 Å². The zero-order valence-corrected chi connectivity index (χ0v) is 20.6. The Labute approximate surface area is 209 Å². The molecule has 172 valence electrons. The van der Waals surface area contributed by atoms with E-state index in [2.05, 4.69) is 5.10 Å². The first-order valence-corrected chi connectivity index (χ1v) is 12.2. The van der Waals surface area contributed by atoms with Crippen molar-refractivity contribution in [1.82, 2.24) is 9.78 Å². The number of carbonyl (C=O) groups is 1. The van der Waals surface area contributed by atoms with Gasteiger partial charge in [-0.25, -0.2) is 4.68 Å². The van der Waals surface area contributed by atoms with Gasteiger partial charge in [-0.05, 0) is 48.5 Å². The van der Waals surface area contributed by atoms with Crippen molar-refractivity contribution >= 4 is 52.0 Å². The Morgan fingerprint density at radius 1 is 1.00 bits per heavy atom. The largest absolute Gasteiger partial charge is 0.493 e. The number of anilines is 2. The average molecular weight is 511 g/mol. The molecule has 1 amide bonds. The van der Waals surface area contributed by atoms with E-state index in [0.717, 1.165) is 26.7 Å². The number of ether oxygens (including phenoxy) is 2. The number of amides is 1. The molecule has 3 aromatic carbocycles. The van der Waals surface area contributed by atoms with Crippen LogP contribution in [0.2, 0.25) is 5.02 Å². The summed E-state index contributed by atoms with van der Waals surface area (Å²) < 4.78 is 12.1. The normalized spacial score (nSPS) is 12.1. The van der Waals surface area contributed by atoms with E-state index in [1.807, 2.05) is 42.5 Å². The number of methoxy groups -OCH3 is 2. The molecule has 0 atom stereocenters. The summed E-state index contributed by atoms with van der Waals surface area (Å²) in [5.41, 5.74) is 2.29. The summed E-state index contributed by atoms with van der Waals surface area (Å²) in [7, 11) is 3.14. The van der Waals surface area contributed by atoms with Crippen molar-refractivity contribution in [2.24, 2.45) is 0 Å². The third-order valence-corrected chi connectivity index (χ3v) is 7.57. The summed E-state index contributed by atoms with van der Waals surface area (Å²) in [6, 6.07) is 18.7. The van der Waals surface area contributed by atoms with Crippen molar-refractivity contribution in [3.8, 4) is 22.1 Å². The molecule has 5 rings (SSSR count). The zero-order valence-electron chi connectivity index (χ0n) is 18.2. The van der Waals surface area contributed by atoms with E-state index in [0.29, 0.717) is 21.5 Å². The highest BCUT2D eigenvalue weighted by atomic mass is 35.5. The maximum absolute atomic E-state index is 13.6. The van der Waals surface area contributed by atoms with Crippen molar-refractivity contribution in [3.05, 3.63) is 70.5 Å².